The van der Waals surface area contributed by atoms with E-state index in [1.165, 1.54) is 17.4 Å². The SMILES string of the molecule is CCC.Cc1cncc2ncccc12. The predicted molar refractivity (Wildman–Crippen MR) is 60.2 cm³/mol. The lowest BCUT2D eigenvalue weighted by Gasteiger charge is -1.97. The van der Waals surface area contributed by atoms with E-state index in [0.717, 1.165) is 5.52 Å². The largest absolute Gasteiger partial charge is 0.262 e. The summed E-state index contributed by atoms with van der Waals surface area (Å²) in [6.07, 6.45) is 6.66. The zero-order valence-electron chi connectivity index (χ0n) is 8.99. The molecule has 0 unspecified atom stereocenters. The molecule has 0 N–H and O–H groups in total. The summed E-state index contributed by atoms with van der Waals surface area (Å²) in [5, 5.41) is 1.18. The smallest absolute Gasteiger partial charge is 0.0887 e. The first-order chi connectivity index (χ1) is 6.79. The number of rotatable bonds is 0. The van der Waals surface area contributed by atoms with Crippen LogP contribution in [0.15, 0.2) is 30.7 Å². The molecule has 0 fully saturated rings. The average molecular weight is 188 g/mol. The van der Waals surface area contributed by atoms with Crippen molar-refractivity contribution in [2.45, 2.75) is 27.2 Å². The molecule has 2 nitrogen and oxygen atoms in total. The highest BCUT2D eigenvalue weighted by Crippen LogP contribution is 2.12. The third kappa shape index (κ3) is 2.52. The summed E-state index contributed by atoms with van der Waals surface area (Å²) >= 11 is 0. The van der Waals surface area contributed by atoms with Gasteiger partial charge in [0.25, 0.3) is 0 Å². The van der Waals surface area contributed by atoms with E-state index in [2.05, 4.69) is 29.9 Å². The minimum absolute atomic E-state index is 0.965. The molecule has 0 aliphatic heterocycles. The normalized spacial score (nSPS) is 9.36. The molecule has 0 atom stereocenters. The second-order valence-electron chi connectivity index (χ2n) is 3.23. The Morgan fingerprint density at radius 1 is 1.21 bits per heavy atom. The van der Waals surface area contributed by atoms with Gasteiger partial charge in [-0.2, -0.15) is 0 Å². The van der Waals surface area contributed by atoms with E-state index in [9.17, 15) is 0 Å². The molecular formula is C12H16N2. The molecule has 0 aliphatic rings. The summed E-state index contributed by atoms with van der Waals surface area (Å²) in [4.78, 5) is 8.23. The molecule has 2 heterocycles. The van der Waals surface area contributed by atoms with E-state index >= 15 is 0 Å². The second kappa shape index (κ2) is 5.32. The van der Waals surface area contributed by atoms with Gasteiger partial charge in [0, 0.05) is 17.8 Å². The lowest BCUT2D eigenvalue weighted by atomic mass is 10.2. The lowest BCUT2D eigenvalue weighted by molar-refractivity contribution is 1.09. The van der Waals surface area contributed by atoms with Gasteiger partial charge in [-0.25, -0.2) is 0 Å². The van der Waals surface area contributed by atoms with Gasteiger partial charge in [-0.05, 0) is 18.6 Å². The fraction of sp³-hybridized carbons (Fsp3) is 0.333. The van der Waals surface area contributed by atoms with Gasteiger partial charge in [-0.1, -0.05) is 26.3 Å². The minimum atomic E-state index is 0.965. The van der Waals surface area contributed by atoms with Crippen molar-refractivity contribution in [2.24, 2.45) is 0 Å². The standard InChI is InChI=1S/C9H8N2.C3H8/c1-7-5-10-6-9-8(7)3-2-4-11-9;1-3-2/h2-6H,1H3;3H2,1-2H3. The van der Waals surface area contributed by atoms with E-state index in [-0.39, 0.29) is 0 Å². The van der Waals surface area contributed by atoms with E-state index in [4.69, 9.17) is 0 Å². The number of aryl methyl sites for hydroxylation is 1. The van der Waals surface area contributed by atoms with Gasteiger partial charge < -0.3 is 0 Å². The van der Waals surface area contributed by atoms with E-state index < -0.39 is 0 Å². The summed E-state index contributed by atoms with van der Waals surface area (Å²) in [6.45, 7) is 6.29. The number of pyridine rings is 2. The van der Waals surface area contributed by atoms with Crippen molar-refractivity contribution in [2.75, 3.05) is 0 Å². The van der Waals surface area contributed by atoms with E-state index in [1.807, 2.05) is 19.2 Å². The third-order valence-corrected chi connectivity index (χ3v) is 1.73. The zero-order valence-corrected chi connectivity index (χ0v) is 8.99. The molecule has 2 aromatic rings. The maximum Gasteiger partial charge on any atom is 0.0887 e. The monoisotopic (exact) mass is 188 g/mol. The van der Waals surface area contributed by atoms with Crippen LogP contribution in [0.2, 0.25) is 0 Å². The Balaban J connectivity index is 0.000000293. The lowest BCUT2D eigenvalue weighted by Crippen LogP contribution is -1.82. The molecule has 74 valence electrons. The van der Waals surface area contributed by atoms with Crippen molar-refractivity contribution in [3.8, 4) is 0 Å². The van der Waals surface area contributed by atoms with Crippen LogP contribution >= 0.6 is 0 Å². The molecule has 0 aliphatic carbocycles. The molecule has 14 heavy (non-hydrogen) atoms. The number of aromatic nitrogens is 2. The molecule has 0 aromatic carbocycles. The molecular weight excluding hydrogens is 172 g/mol. The zero-order chi connectivity index (χ0) is 10.4. The van der Waals surface area contributed by atoms with Crippen LogP contribution < -0.4 is 0 Å². The minimum Gasteiger partial charge on any atom is -0.262 e. The Morgan fingerprint density at radius 3 is 2.57 bits per heavy atom. The Hall–Kier alpha value is -1.44. The predicted octanol–water partition coefficient (Wildman–Crippen LogP) is 3.35. The molecule has 0 saturated carbocycles. The Morgan fingerprint density at radius 2 is 1.93 bits per heavy atom. The van der Waals surface area contributed by atoms with Crippen LogP contribution in [0, 0.1) is 6.92 Å². The van der Waals surface area contributed by atoms with Gasteiger partial charge in [-0.15, -0.1) is 0 Å². The van der Waals surface area contributed by atoms with Crippen LogP contribution in [-0.4, -0.2) is 9.97 Å². The van der Waals surface area contributed by atoms with Gasteiger partial charge in [-0.3, -0.25) is 9.97 Å². The molecule has 2 aromatic heterocycles. The number of fused-ring (bicyclic) bond motifs is 1. The van der Waals surface area contributed by atoms with Crippen molar-refractivity contribution in [3.63, 3.8) is 0 Å². The molecule has 2 heteroatoms. The molecule has 0 bridgehead atoms. The highest BCUT2D eigenvalue weighted by atomic mass is 14.7. The summed E-state index contributed by atoms with van der Waals surface area (Å²) in [5.74, 6) is 0. The first-order valence-electron chi connectivity index (χ1n) is 4.95. The van der Waals surface area contributed by atoms with Crippen LogP contribution in [0.25, 0.3) is 10.9 Å². The fourth-order valence-corrected chi connectivity index (χ4v) is 1.14. The Kier molecular flexibility index (Phi) is 4.05. The van der Waals surface area contributed by atoms with Crippen LogP contribution in [-0.2, 0) is 0 Å². The molecule has 0 radical (unpaired) electrons. The van der Waals surface area contributed by atoms with Gasteiger partial charge in [0.2, 0.25) is 0 Å². The van der Waals surface area contributed by atoms with Crippen LogP contribution in [0.4, 0.5) is 0 Å². The first kappa shape index (κ1) is 10.6. The quantitative estimate of drug-likeness (QED) is 0.633. The fourth-order valence-electron chi connectivity index (χ4n) is 1.14. The molecule has 0 spiro atoms. The summed E-state index contributed by atoms with van der Waals surface area (Å²) in [7, 11) is 0. The van der Waals surface area contributed by atoms with Crippen molar-refractivity contribution >= 4 is 10.9 Å². The van der Waals surface area contributed by atoms with Crippen LogP contribution in [0.1, 0.15) is 25.8 Å². The van der Waals surface area contributed by atoms with Crippen molar-refractivity contribution in [3.05, 3.63) is 36.3 Å². The summed E-state index contributed by atoms with van der Waals surface area (Å²) in [6, 6.07) is 3.99. The number of hydrogen-bond donors (Lipinski definition) is 0. The highest BCUT2D eigenvalue weighted by molar-refractivity contribution is 5.80. The van der Waals surface area contributed by atoms with Crippen molar-refractivity contribution < 1.29 is 0 Å². The molecule has 0 amide bonds. The first-order valence-corrected chi connectivity index (χ1v) is 4.95. The second-order valence-corrected chi connectivity index (χ2v) is 3.23. The Labute approximate surface area is 85.0 Å². The topological polar surface area (TPSA) is 25.8 Å². The van der Waals surface area contributed by atoms with Gasteiger partial charge in [0.15, 0.2) is 0 Å². The maximum absolute atomic E-state index is 4.18. The number of hydrogen-bond acceptors (Lipinski definition) is 2. The van der Waals surface area contributed by atoms with Crippen LogP contribution in [0.5, 0.6) is 0 Å². The van der Waals surface area contributed by atoms with Gasteiger partial charge in [0.1, 0.15) is 0 Å². The van der Waals surface area contributed by atoms with E-state index in [1.54, 1.807) is 12.4 Å². The van der Waals surface area contributed by atoms with E-state index in [0.29, 0.717) is 0 Å². The van der Waals surface area contributed by atoms with Gasteiger partial charge in [0.05, 0.1) is 11.7 Å². The maximum atomic E-state index is 4.18. The Bertz CT molecular complexity index is 391. The molecule has 2 rings (SSSR count). The van der Waals surface area contributed by atoms with Crippen molar-refractivity contribution in [1.29, 1.82) is 0 Å². The van der Waals surface area contributed by atoms with Crippen molar-refractivity contribution in [1.82, 2.24) is 9.97 Å². The summed E-state index contributed by atoms with van der Waals surface area (Å²) < 4.78 is 0. The van der Waals surface area contributed by atoms with Crippen LogP contribution in [0.3, 0.4) is 0 Å². The summed E-state index contributed by atoms with van der Waals surface area (Å²) in [5.41, 5.74) is 2.14. The molecule has 0 saturated heterocycles. The highest BCUT2D eigenvalue weighted by Gasteiger charge is 1.94. The average Bonchev–Trinajstić information content (AvgIpc) is 2.20. The number of nitrogens with zero attached hydrogens (tertiary/aromatic N) is 2. The van der Waals surface area contributed by atoms with Gasteiger partial charge >= 0.3 is 0 Å². The third-order valence-electron chi connectivity index (χ3n) is 1.73.